The Morgan fingerprint density at radius 3 is 2.73 bits per heavy atom. The van der Waals surface area contributed by atoms with Gasteiger partial charge < -0.3 is 0 Å². The van der Waals surface area contributed by atoms with Crippen molar-refractivity contribution in [2.24, 2.45) is 5.92 Å². The first-order valence-electron chi connectivity index (χ1n) is 4.53. The summed E-state index contributed by atoms with van der Waals surface area (Å²) in [5.41, 5.74) is 2.82. The average Bonchev–Trinajstić information content (AvgIpc) is 1.95. The van der Waals surface area contributed by atoms with Crippen LogP contribution in [0.15, 0.2) is 23.8 Å². The Kier molecular flexibility index (Phi) is 2.92. The number of allylic oxidation sites excluding steroid dienone is 3. The van der Waals surface area contributed by atoms with E-state index in [9.17, 15) is 0 Å². The van der Waals surface area contributed by atoms with Crippen molar-refractivity contribution in [3.8, 4) is 0 Å². The third-order valence-electron chi connectivity index (χ3n) is 2.44. The molecule has 0 aromatic carbocycles. The van der Waals surface area contributed by atoms with Crippen LogP contribution in [0.5, 0.6) is 0 Å². The van der Waals surface area contributed by atoms with E-state index in [0.717, 1.165) is 5.92 Å². The summed E-state index contributed by atoms with van der Waals surface area (Å²) in [4.78, 5) is 0. The molecule has 0 heterocycles. The molecule has 62 valence electrons. The van der Waals surface area contributed by atoms with Crippen LogP contribution in [0.4, 0.5) is 0 Å². The van der Waals surface area contributed by atoms with E-state index in [4.69, 9.17) is 0 Å². The highest BCUT2D eigenvalue weighted by Crippen LogP contribution is 2.23. The lowest BCUT2D eigenvalue weighted by molar-refractivity contribution is 0.487. The van der Waals surface area contributed by atoms with Crippen molar-refractivity contribution in [2.75, 3.05) is 0 Å². The van der Waals surface area contributed by atoms with Crippen molar-refractivity contribution in [2.45, 2.75) is 39.5 Å². The van der Waals surface area contributed by atoms with Crippen molar-refractivity contribution < 1.29 is 0 Å². The molecule has 0 nitrogen and oxygen atoms in total. The summed E-state index contributed by atoms with van der Waals surface area (Å²) in [6.07, 6.45) is 7.39. The molecule has 0 saturated carbocycles. The van der Waals surface area contributed by atoms with Crippen LogP contribution in [0.25, 0.3) is 0 Å². The van der Waals surface area contributed by atoms with E-state index in [1.807, 2.05) is 0 Å². The number of hydrogen-bond donors (Lipinski definition) is 0. The molecule has 0 spiro atoms. The van der Waals surface area contributed by atoms with E-state index < -0.39 is 0 Å². The molecular formula is C11H18. The van der Waals surface area contributed by atoms with Crippen molar-refractivity contribution in [3.05, 3.63) is 23.8 Å². The Labute approximate surface area is 70.0 Å². The van der Waals surface area contributed by atoms with Crippen molar-refractivity contribution in [1.82, 2.24) is 0 Å². The maximum absolute atomic E-state index is 4.02. The normalized spacial score (nSPS) is 32.0. The second-order valence-corrected chi connectivity index (χ2v) is 3.83. The quantitative estimate of drug-likeness (QED) is 0.494. The zero-order valence-electron chi connectivity index (χ0n) is 7.69. The molecule has 0 N–H and O–H groups in total. The van der Waals surface area contributed by atoms with Gasteiger partial charge in [-0.25, -0.2) is 0 Å². The summed E-state index contributed by atoms with van der Waals surface area (Å²) in [6.45, 7) is 8.57. The molecule has 0 aliphatic heterocycles. The molecule has 1 aliphatic carbocycles. The third-order valence-corrected chi connectivity index (χ3v) is 2.44. The summed E-state index contributed by atoms with van der Waals surface area (Å²) in [7, 11) is 0. The van der Waals surface area contributed by atoms with E-state index in [1.54, 1.807) is 0 Å². The Morgan fingerprint density at radius 1 is 1.36 bits per heavy atom. The topological polar surface area (TPSA) is 0 Å². The number of rotatable bonds is 0. The lowest BCUT2D eigenvalue weighted by Gasteiger charge is -2.15. The molecule has 11 heavy (non-hydrogen) atoms. The average molecular weight is 150 g/mol. The molecule has 1 rings (SSSR count). The van der Waals surface area contributed by atoms with Crippen LogP contribution in [0.2, 0.25) is 0 Å². The van der Waals surface area contributed by atoms with Gasteiger partial charge in [0.2, 0.25) is 0 Å². The van der Waals surface area contributed by atoms with Crippen LogP contribution in [0.1, 0.15) is 39.5 Å². The summed E-state index contributed by atoms with van der Waals surface area (Å²) in [6, 6.07) is 0. The number of hydrogen-bond acceptors (Lipinski definition) is 0. The minimum absolute atomic E-state index is 0.885. The lowest BCUT2D eigenvalue weighted by atomic mass is 9.91. The third kappa shape index (κ3) is 2.92. The molecular weight excluding hydrogens is 132 g/mol. The summed E-state index contributed by atoms with van der Waals surface area (Å²) in [5.74, 6) is 0.885. The van der Waals surface area contributed by atoms with Crippen LogP contribution >= 0.6 is 0 Å². The van der Waals surface area contributed by atoms with Crippen molar-refractivity contribution >= 4 is 0 Å². The van der Waals surface area contributed by atoms with Gasteiger partial charge in [-0.3, -0.25) is 0 Å². The molecule has 0 heteroatoms. The van der Waals surface area contributed by atoms with E-state index in [2.05, 4.69) is 26.5 Å². The smallest absolute Gasteiger partial charge is 0.0282 e. The van der Waals surface area contributed by atoms with Crippen LogP contribution in [-0.4, -0.2) is 0 Å². The van der Waals surface area contributed by atoms with E-state index >= 15 is 0 Å². The lowest BCUT2D eigenvalue weighted by Crippen LogP contribution is -1.99. The maximum atomic E-state index is 4.02. The molecule has 0 bridgehead atoms. The fourth-order valence-electron chi connectivity index (χ4n) is 1.54. The Morgan fingerprint density at radius 2 is 2.00 bits per heavy atom. The molecule has 0 aromatic heterocycles. The van der Waals surface area contributed by atoms with Crippen molar-refractivity contribution in [3.63, 3.8) is 0 Å². The molecule has 1 atom stereocenters. The van der Waals surface area contributed by atoms with Gasteiger partial charge in [0, 0.05) is 0 Å². The second kappa shape index (κ2) is 3.75. The zero-order valence-corrected chi connectivity index (χ0v) is 7.69. The molecule has 0 radical (unpaired) electrons. The van der Waals surface area contributed by atoms with Gasteiger partial charge in [-0.1, -0.05) is 30.7 Å². The molecule has 0 saturated heterocycles. The first kappa shape index (κ1) is 8.58. The maximum Gasteiger partial charge on any atom is -0.0282 e. The van der Waals surface area contributed by atoms with Gasteiger partial charge in [-0.2, -0.15) is 0 Å². The highest BCUT2D eigenvalue weighted by atomic mass is 14.1. The fourth-order valence-corrected chi connectivity index (χ4v) is 1.54. The molecule has 1 unspecified atom stereocenters. The monoisotopic (exact) mass is 150 g/mol. The minimum atomic E-state index is 0.885. The van der Waals surface area contributed by atoms with Gasteiger partial charge in [-0.15, -0.1) is 0 Å². The van der Waals surface area contributed by atoms with Gasteiger partial charge in [0.05, 0.1) is 0 Å². The highest BCUT2D eigenvalue weighted by molar-refractivity contribution is 5.20. The highest BCUT2D eigenvalue weighted by Gasteiger charge is 2.06. The Bertz CT molecular complexity index is 174. The predicted molar refractivity (Wildman–Crippen MR) is 50.5 cm³/mol. The Hall–Kier alpha value is -0.520. The van der Waals surface area contributed by atoms with Crippen LogP contribution in [0, 0.1) is 5.92 Å². The molecule has 0 fully saturated rings. The van der Waals surface area contributed by atoms with Crippen LogP contribution < -0.4 is 0 Å². The summed E-state index contributed by atoms with van der Waals surface area (Å²) >= 11 is 0. The predicted octanol–water partition coefficient (Wildman–Crippen LogP) is 3.70. The zero-order chi connectivity index (χ0) is 8.27. The minimum Gasteiger partial charge on any atom is -0.0958 e. The summed E-state index contributed by atoms with van der Waals surface area (Å²) in [5, 5.41) is 0. The SMILES string of the molecule is C=C1/C=C(/C)CCC(C)CC1. The van der Waals surface area contributed by atoms with E-state index in [-0.39, 0.29) is 0 Å². The second-order valence-electron chi connectivity index (χ2n) is 3.83. The first-order valence-corrected chi connectivity index (χ1v) is 4.53. The van der Waals surface area contributed by atoms with Crippen LogP contribution in [-0.2, 0) is 0 Å². The van der Waals surface area contributed by atoms with Gasteiger partial charge in [-0.05, 0) is 38.5 Å². The van der Waals surface area contributed by atoms with Gasteiger partial charge in [0.15, 0.2) is 0 Å². The van der Waals surface area contributed by atoms with E-state index in [0.29, 0.717) is 0 Å². The standard InChI is InChI=1S/C11H18/c1-9-4-6-10(2)8-11(3)7-5-9/h8-9H,2,4-7H2,1,3H3/b11-8-. The molecule has 1 aliphatic rings. The van der Waals surface area contributed by atoms with Crippen LogP contribution in [0.3, 0.4) is 0 Å². The molecule has 0 aromatic rings. The van der Waals surface area contributed by atoms with Gasteiger partial charge >= 0.3 is 0 Å². The van der Waals surface area contributed by atoms with Gasteiger partial charge in [0.1, 0.15) is 0 Å². The molecule has 0 amide bonds. The summed E-state index contributed by atoms with van der Waals surface area (Å²) < 4.78 is 0. The van der Waals surface area contributed by atoms with Crippen molar-refractivity contribution in [1.29, 1.82) is 0 Å². The largest absolute Gasteiger partial charge is 0.0958 e. The first-order chi connectivity index (χ1) is 5.18. The fraction of sp³-hybridized carbons (Fsp3) is 0.636. The van der Waals surface area contributed by atoms with Gasteiger partial charge in [0.25, 0.3) is 0 Å². The Balaban J connectivity index is 2.59. The van der Waals surface area contributed by atoms with E-state index in [1.165, 1.54) is 36.8 Å².